The molecule has 0 bridgehead atoms. The fourth-order valence-electron chi connectivity index (χ4n) is 0.736. The number of hydrogen-bond donors (Lipinski definition) is 0. The first-order valence-electron chi connectivity index (χ1n) is 3.00. The number of rotatable bonds is 1. The summed E-state index contributed by atoms with van der Waals surface area (Å²) in [5.41, 5.74) is 0.677. The predicted molar refractivity (Wildman–Crippen MR) is 47.5 cm³/mol. The molecule has 1 radical (unpaired) electrons. The normalized spacial score (nSPS) is 9.82. The first-order valence-corrected chi connectivity index (χ1v) is 3.75. The van der Waals surface area contributed by atoms with E-state index in [-0.39, 0.29) is 0 Å². The van der Waals surface area contributed by atoms with Crippen molar-refractivity contribution in [3.63, 3.8) is 0 Å². The van der Waals surface area contributed by atoms with E-state index in [1.807, 2.05) is 0 Å². The second-order valence-electron chi connectivity index (χ2n) is 2.08. The van der Waals surface area contributed by atoms with E-state index in [0.29, 0.717) is 21.4 Å². The van der Waals surface area contributed by atoms with Gasteiger partial charge in [0, 0.05) is 6.07 Å². The van der Waals surface area contributed by atoms with Crippen LogP contribution in [-0.4, -0.2) is 7.11 Å². The molecule has 0 N–H and O–H groups in total. The highest BCUT2D eigenvalue weighted by Gasteiger charge is 2.03. The zero-order chi connectivity index (χ0) is 8.43. The summed E-state index contributed by atoms with van der Waals surface area (Å²) in [5, 5.41) is 0.948. The molecule has 3 heteroatoms. The number of ether oxygens (including phenoxy) is 1. The van der Waals surface area contributed by atoms with E-state index >= 15 is 0 Å². The molecule has 0 aliphatic heterocycles. The summed E-state index contributed by atoms with van der Waals surface area (Å²) < 4.78 is 4.95. The van der Waals surface area contributed by atoms with Crippen LogP contribution in [0.1, 0.15) is 5.56 Å². The Labute approximate surface area is 75.9 Å². The molecule has 1 nitrogen and oxygen atoms in total. The van der Waals surface area contributed by atoms with Gasteiger partial charge in [-0.05, 0) is 18.6 Å². The van der Waals surface area contributed by atoms with Gasteiger partial charge in [0.1, 0.15) is 5.75 Å². The lowest BCUT2D eigenvalue weighted by Crippen LogP contribution is -1.84. The van der Waals surface area contributed by atoms with Gasteiger partial charge < -0.3 is 4.74 Å². The summed E-state index contributed by atoms with van der Waals surface area (Å²) in [7, 11) is 1.57. The van der Waals surface area contributed by atoms with Gasteiger partial charge in [0.25, 0.3) is 0 Å². The van der Waals surface area contributed by atoms with Crippen molar-refractivity contribution in [3.05, 3.63) is 34.7 Å². The number of methoxy groups -OCH3 is 1. The monoisotopic (exact) mass is 189 g/mol. The van der Waals surface area contributed by atoms with Crippen molar-refractivity contribution in [2.45, 2.75) is 0 Å². The maximum atomic E-state index is 5.76. The largest absolute Gasteiger partial charge is 0.497 e. The van der Waals surface area contributed by atoms with Crippen LogP contribution in [0.2, 0.25) is 10.0 Å². The summed E-state index contributed by atoms with van der Waals surface area (Å²) in [4.78, 5) is 0. The van der Waals surface area contributed by atoms with Crippen LogP contribution in [0.15, 0.2) is 12.1 Å². The first-order chi connectivity index (χ1) is 5.15. The SMILES string of the molecule is [CH2]c1cc(OC)cc(Cl)c1Cl. The van der Waals surface area contributed by atoms with Crippen LogP contribution in [0.25, 0.3) is 0 Å². The highest BCUT2D eigenvalue weighted by molar-refractivity contribution is 6.42. The topological polar surface area (TPSA) is 9.23 Å². The Morgan fingerprint density at radius 2 is 2.00 bits per heavy atom. The van der Waals surface area contributed by atoms with Gasteiger partial charge in [-0.25, -0.2) is 0 Å². The Balaban J connectivity index is 3.21. The van der Waals surface area contributed by atoms with Crippen LogP contribution < -0.4 is 4.74 Å². The fraction of sp³-hybridized carbons (Fsp3) is 0.125. The average molecular weight is 190 g/mol. The third kappa shape index (κ3) is 1.79. The smallest absolute Gasteiger partial charge is 0.120 e. The van der Waals surface area contributed by atoms with Crippen LogP contribution in [0.5, 0.6) is 5.75 Å². The Morgan fingerprint density at radius 3 is 2.45 bits per heavy atom. The fourth-order valence-corrected chi connectivity index (χ4v) is 1.07. The molecule has 11 heavy (non-hydrogen) atoms. The van der Waals surface area contributed by atoms with E-state index in [9.17, 15) is 0 Å². The van der Waals surface area contributed by atoms with E-state index in [2.05, 4.69) is 6.92 Å². The molecule has 0 heterocycles. The molecule has 0 saturated heterocycles. The van der Waals surface area contributed by atoms with Gasteiger partial charge >= 0.3 is 0 Å². The molecule has 59 valence electrons. The van der Waals surface area contributed by atoms with Crippen molar-refractivity contribution >= 4 is 23.2 Å². The maximum absolute atomic E-state index is 5.76. The molecular weight excluding hydrogens is 183 g/mol. The van der Waals surface area contributed by atoms with Crippen molar-refractivity contribution in [1.82, 2.24) is 0 Å². The molecule has 0 saturated carbocycles. The first kappa shape index (κ1) is 8.69. The molecule has 0 aliphatic carbocycles. The van der Waals surface area contributed by atoms with Crippen molar-refractivity contribution in [1.29, 1.82) is 0 Å². The average Bonchev–Trinajstić information content (AvgIpc) is 1.99. The Morgan fingerprint density at radius 1 is 1.36 bits per heavy atom. The van der Waals surface area contributed by atoms with Crippen LogP contribution in [-0.2, 0) is 0 Å². The highest BCUT2D eigenvalue weighted by atomic mass is 35.5. The number of hydrogen-bond acceptors (Lipinski definition) is 1. The quantitative estimate of drug-likeness (QED) is 0.660. The second-order valence-corrected chi connectivity index (χ2v) is 2.87. The Hall–Kier alpha value is -0.400. The summed E-state index contributed by atoms with van der Waals surface area (Å²) in [6.45, 7) is 3.69. The zero-order valence-corrected chi connectivity index (χ0v) is 7.54. The lowest BCUT2D eigenvalue weighted by molar-refractivity contribution is 0.414. The van der Waals surface area contributed by atoms with Crippen LogP contribution >= 0.6 is 23.2 Å². The minimum atomic E-state index is 0.469. The minimum Gasteiger partial charge on any atom is -0.497 e. The minimum absolute atomic E-state index is 0.469. The van der Waals surface area contributed by atoms with Gasteiger partial charge in [0.15, 0.2) is 0 Å². The molecule has 1 aromatic carbocycles. The van der Waals surface area contributed by atoms with E-state index < -0.39 is 0 Å². The van der Waals surface area contributed by atoms with Crippen molar-refractivity contribution in [3.8, 4) is 5.75 Å². The lowest BCUT2D eigenvalue weighted by atomic mass is 10.2. The molecule has 0 amide bonds. The molecule has 1 rings (SSSR count). The van der Waals surface area contributed by atoms with Crippen molar-refractivity contribution < 1.29 is 4.74 Å². The van der Waals surface area contributed by atoms with Gasteiger partial charge in [0.2, 0.25) is 0 Å². The van der Waals surface area contributed by atoms with E-state index in [1.54, 1.807) is 19.2 Å². The number of halogens is 2. The van der Waals surface area contributed by atoms with Gasteiger partial charge in [-0.3, -0.25) is 0 Å². The molecular formula is C8H7Cl2O. The van der Waals surface area contributed by atoms with E-state index in [0.717, 1.165) is 0 Å². The summed E-state index contributed by atoms with van der Waals surface area (Å²) in [6.07, 6.45) is 0. The third-order valence-corrected chi connectivity index (χ3v) is 2.15. The van der Waals surface area contributed by atoms with Crippen molar-refractivity contribution in [2.75, 3.05) is 7.11 Å². The van der Waals surface area contributed by atoms with Crippen LogP contribution in [0.4, 0.5) is 0 Å². The number of benzene rings is 1. The molecule has 0 unspecified atom stereocenters. The van der Waals surface area contributed by atoms with Gasteiger partial charge in [0.05, 0.1) is 17.2 Å². The molecule has 0 aliphatic rings. The maximum Gasteiger partial charge on any atom is 0.120 e. The molecule has 0 fully saturated rings. The molecule has 1 aromatic rings. The Bertz CT molecular complexity index is 248. The molecule has 0 atom stereocenters. The van der Waals surface area contributed by atoms with Crippen LogP contribution in [0, 0.1) is 6.92 Å². The van der Waals surface area contributed by atoms with Gasteiger partial charge in [-0.1, -0.05) is 23.2 Å². The summed E-state index contributed by atoms with van der Waals surface area (Å²) in [6, 6.07) is 3.38. The standard InChI is InChI=1S/C8H7Cl2O/c1-5-3-6(11-2)4-7(9)8(5)10/h3-4H,1H2,2H3. The third-order valence-electron chi connectivity index (χ3n) is 1.31. The van der Waals surface area contributed by atoms with E-state index in [1.165, 1.54) is 0 Å². The lowest BCUT2D eigenvalue weighted by Gasteiger charge is -2.04. The summed E-state index contributed by atoms with van der Waals surface area (Å²) >= 11 is 11.5. The molecule has 0 spiro atoms. The second kappa shape index (κ2) is 3.33. The Kier molecular flexibility index (Phi) is 2.63. The molecule has 0 aromatic heterocycles. The predicted octanol–water partition coefficient (Wildman–Crippen LogP) is 3.18. The van der Waals surface area contributed by atoms with E-state index in [4.69, 9.17) is 27.9 Å². The van der Waals surface area contributed by atoms with Gasteiger partial charge in [-0.15, -0.1) is 0 Å². The zero-order valence-electron chi connectivity index (χ0n) is 6.03. The summed E-state index contributed by atoms with van der Waals surface area (Å²) in [5.74, 6) is 0.671. The van der Waals surface area contributed by atoms with Crippen LogP contribution in [0.3, 0.4) is 0 Å². The van der Waals surface area contributed by atoms with Gasteiger partial charge in [-0.2, -0.15) is 0 Å². The highest BCUT2D eigenvalue weighted by Crippen LogP contribution is 2.29. The van der Waals surface area contributed by atoms with Crippen molar-refractivity contribution in [2.24, 2.45) is 0 Å².